The predicted molar refractivity (Wildman–Crippen MR) is 63.6 cm³/mol. The summed E-state index contributed by atoms with van der Waals surface area (Å²) in [7, 11) is 0. The van der Waals surface area contributed by atoms with Crippen LogP contribution in [0.5, 0.6) is 0 Å². The van der Waals surface area contributed by atoms with Crippen LogP contribution in [0.4, 0.5) is 0 Å². The van der Waals surface area contributed by atoms with Crippen molar-refractivity contribution in [1.29, 1.82) is 0 Å². The molecular formula is C13H19NO3. The van der Waals surface area contributed by atoms with Crippen LogP contribution >= 0.6 is 0 Å². The number of rotatable bonds is 4. The molecule has 2 fully saturated rings. The summed E-state index contributed by atoms with van der Waals surface area (Å²) in [5.41, 5.74) is 0.0360. The highest BCUT2D eigenvalue weighted by atomic mass is 16.5. The van der Waals surface area contributed by atoms with E-state index in [0.717, 1.165) is 32.3 Å². The Kier molecular flexibility index (Phi) is 3.70. The van der Waals surface area contributed by atoms with Gasteiger partial charge in [0.2, 0.25) is 0 Å². The Balaban J connectivity index is 1.97. The van der Waals surface area contributed by atoms with Gasteiger partial charge in [-0.1, -0.05) is 5.92 Å². The molecule has 94 valence electrons. The maximum atomic E-state index is 10.8. The molecule has 0 aromatic rings. The number of aliphatic carboxylic acids is 1. The van der Waals surface area contributed by atoms with Gasteiger partial charge in [0.05, 0.1) is 18.7 Å². The standard InChI is InChI=1S/C13H19NO3/c1-2-7-14(10-12(15)16)11-4-8-17-13(9-11)5-3-6-13/h1,11H,3-10H2,(H,15,16). The molecule has 1 saturated heterocycles. The van der Waals surface area contributed by atoms with E-state index in [9.17, 15) is 4.79 Å². The first-order valence-electron chi connectivity index (χ1n) is 6.18. The van der Waals surface area contributed by atoms with Gasteiger partial charge in [-0.15, -0.1) is 6.42 Å². The third kappa shape index (κ3) is 2.80. The van der Waals surface area contributed by atoms with E-state index in [1.54, 1.807) is 0 Å². The van der Waals surface area contributed by atoms with Gasteiger partial charge < -0.3 is 9.84 Å². The molecule has 4 nitrogen and oxygen atoms in total. The number of carbonyl (C=O) groups is 1. The lowest BCUT2D eigenvalue weighted by molar-refractivity contribution is -0.154. The molecule has 1 aliphatic heterocycles. The number of terminal acetylenes is 1. The Morgan fingerprint density at radius 3 is 2.88 bits per heavy atom. The zero-order valence-electron chi connectivity index (χ0n) is 10.0. The quantitative estimate of drug-likeness (QED) is 0.744. The van der Waals surface area contributed by atoms with Crippen molar-refractivity contribution in [2.45, 2.75) is 43.7 Å². The first kappa shape index (κ1) is 12.4. The van der Waals surface area contributed by atoms with E-state index in [0.29, 0.717) is 6.54 Å². The summed E-state index contributed by atoms with van der Waals surface area (Å²) in [5.74, 6) is 1.74. The molecule has 0 amide bonds. The molecule has 17 heavy (non-hydrogen) atoms. The second-order valence-electron chi connectivity index (χ2n) is 5.03. The van der Waals surface area contributed by atoms with E-state index in [4.69, 9.17) is 16.3 Å². The van der Waals surface area contributed by atoms with Gasteiger partial charge in [-0.05, 0) is 32.1 Å². The van der Waals surface area contributed by atoms with E-state index in [-0.39, 0.29) is 18.2 Å². The lowest BCUT2D eigenvalue weighted by Crippen LogP contribution is -2.53. The highest BCUT2D eigenvalue weighted by Crippen LogP contribution is 2.43. The highest BCUT2D eigenvalue weighted by molar-refractivity contribution is 5.69. The minimum Gasteiger partial charge on any atom is -0.480 e. The van der Waals surface area contributed by atoms with Crippen LogP contribution in [0.2, 0.25) is 0 Å². The fourth-order valence-electron chi connectivity index (χ4n) is 2.84. The first-order valence-corrected chi connectivity index (χ1v) is 6.18. The van der Waals surface area contributed by atoms with E-state index < -0.39 is 5.97 Å². The molecule has 1 aliphatic carbocycles. The number of carboxylic acids is 1. The molecular weight excluding hydrogens is 218 g/mol. The molecule has 1 spiro atoms. The Labute approximate surface area is 102 Å². The topological polar surface area (TPSA) is 49.8 Å². The van der Waals surface area contributed by atoms with E-state index in [1.165, 1.54) is 6.42 Å². The van der Waals surface area contributed by atoms with E-state index in [2.05, 4.69) is 5.92 Å². The molecule has 0 bridgehead atoms. The van der Waals surface area contributed by atoms with E-state index in [1.807, 2.05) is 4.90 Å². The van der Waals surface area contributed by atoms with Crippen LogP contribution in [0.15, 0.2) is 0 Å². The Bertz CT molecular complexity index is 330. The average molecular weight is 237 g/mol. The molecule has 1 saturated carbocycles. The van der Waals surface area contributed by atoms with E-state index >= 15 is 0 Å². The monoisotopic (exact) mass is 237 g/mol. The van der Waals surface area contributed by atoms with Gasteiger partial charge in [-0.2, -0.15) is 0 Å². The average Bonchev–Trinajstić information content (AvgIpc) is 2.26. The molecule has 0 radical (unpaired) electrons. The summed E-state index contributed by atoms with van der Waals surface area (Å²) in [5, 5.41) is 8.90. The van der Waals surface area contributed by atoms with Crippen LogP contribution in [-0.4, -0.2) is 47.3 Å². The van der Waals surface area contributed by atoms with Crippen LogP contribution in [-0.2, 0) is 9.53 Å². The second kappa shape index (κ2) is 5.07. The number of ether oxygens (including phenoxy) is 1. The van der Waals surface area contributed by atoms with Crippen LogP contribution in [0, 0.1) is 12.3 Å². The van der Waals surface area contributed by atoms with Gasteiger partial charge in [0.1, 0.15) is 0 Å². The van der Waals surface area contributed by atoms with Gasteiger partial charge in [-0.3, -0.25) is 9.69 Å². The lowest BCUT2D eigenvalue weighted by atomic mass is 9.73. The van der Waals surface area contributed by atoms with Crippen molar-refractivity contribution in [3.05, 3.63) is 0 Å². The maximum Gasteiger partial charge on any atom is 0.317 e. The summed E-state index contributed by atoms with van der Waals surface area (Å²) in [6, 6.07) is 0.260. The summed E-state index contributed by atoms with van der Waals surface area (Å²) in [6.07, 6.45) is 10.6. The lowest BCUT2D eigenvalue weighted by Gasteiger charge is -2.49. The molecule has 0 aromatic heterocycles. The van der Waals surface area contributed by atoms with Crippen LogP contribution in [0.25, 0.3) is 0 Å². The number of hydrogen-bond acceptors (Lipinski definition) is 3. The number of nitrogens with zero attached hydrogens (tertiary/aromatic N) is 1. The van der Waals surface area contributed by atoms with Crippen molar-refractivity contribution in [3.63, 3.8) is 0 Å². The molecule has 0 aromatic carbocycles. The molecule has 1 N–H and O–H groups in total. The number of carboxylic acid groups (broad SMARTS) is 1. The smallest absolute Gasteiger partial charge is 0.317 e. The molecule has 4 heteroatoms. The van der Waals surface area contributed by atoms with Gasteiger partial charge in [0, 0.05) is 12.6 Å². The first-order chi connectivity index (χ1) is 8.15. The molecule has 1 atom stereocenters. The second-order valence-corrected chi connectivity index (χ2v) is 5.03. The summed E-state index contributed by atoms with van der Waals surface area (Å²) in [4.78, 5) is 12.7. The third-order valence-corrected chi connectivity index (χ3v) is 3.88. The van der Waals surface area contributed by atoms with Crippen LogP contribution in [0.1, 0.15) is 32.1 Å². The van der Waals surface area contributed by atoms with Crippen molar-refractivity contribution in [2.75, 3.05) is 19.7 Å². The van der Waals surface area contributed by atoms with Crippen molar-refractivity contribution in [3.8, 4) is 12.3 Å². The molecule has 2 rings (SSSR count). The predicted octanol–water partition coefficient (Wildman–Crippen LogP) is 1.11. The number of hydrogen-bond donors (Lipinski definition) is 1. The summed E-state index contributed by atoms with van der Waals surface area (Å²) in [6.45, 7) is 1.17. The summed E-state index contributed by atoms with van der Waals surface area (Å²) >= 11 is 0. The molecule has 1 unspecified atom stereocenters. The zero-order chi connectivity index (χ0) is 12.3. The Morgan fingerprint density at radius 1 is 1.59 bits per heavy atom. The van der Waals surface area contributed by atoms with Crippen molar-refractivity contribution >= 4 is 5.97 Å². The molecule has 1 heterocycles. The fraction of sp³-hybridized carbons (Fsp3) is 0.769. The van der Waals surface area contributed by atoms with Crippen LogP contribution in [0.3, 0.4) is 0 Å². The fourth-order valence-corrected chi connectivity index (χ4v) is 2.84. The van der Waals surface area contributed by atoms with Gasteiger partial charge in [-0.25, -0.2) is 0 Å². The third-order valence-electron chi connectivity index (χ3n) is 3.88. The minimum absolute atomic E-state index is 0.0327. The largest absolute Gasteiger partial charge is 0.480 e. The SMILES string of the molecule is C#CCN(CC(=O)O)C1CCOC2(CCC2)C1. The van der Waals surface area contributed by atoms with Gasteiger partial charge in [0.25, 0.3) is 0 Å². The summed E-state index contributed by atoms with van der Waals surface area (Å²) < 4.78 is 5.84. The Hall–Kier alpha value is -1.05. The van der Waals surface area contributed by atoms with Gasteiger partial charge in [0.15, 0.2) is 0 Å². The zero-order valence-corrected chi connectivity index (χ0v) is 10.0. The maximum absolute atomic E-state index is 10.8. The van der Waals surface area contributed by atoms with Crippen molar-refractivity contribution in [2.24, 2.45) is 0 Å². The molecule has 2 aliphatic rings. The Morgan fingerprint density at radius 2 is 2.35 bits per heavy atom. The van der Waals surface area contributed by atoms with Gasteiger partial charge >= 0.3 is 5.97 Å². The normalized spacial score (nSPS) is 26.5. The van der Waals surface area contributed by atoms with Crippen LogP contribution < -0.4 is 0 Å². The van der Waals surface area contributed by atoms with Crippen molar-refractivity contribution in [1.82, 2.24) is 4.90 Å². The van der Waals surface area contributed by atoms with Crippen molar-refractivity contribution < 1.29 is 14.6 Å². The minimum atomic E-state index is -0.811. The highest BCUT2D eigenvalue weighted by Gasteiger charge is 2.43.